The van der Waals surface area contributed by atoms with E-state index in [1.165, 1.54) is 0 Å². The van der Waals surface area contributed by atoms with Crippen LogP contribution in [0.3, 0.4) is 0 Å². The molecule has 1 unspecified atom stereocenters. The van der Waals surface area contributed by atoms with Crippen LogP contribution in [0.25, 0.3) is 0 Å². The van der Waals surface area contributed by atoms with Crippen LogP contribution in [0.1, 0.15) is 11.4 Å². The van der Waals surface area contributed by atoms with Crippen molar-refractivity contribution in [2.24, 2.45) is 5.73 Å². The summed E-state index contributed by atoms with van der Waals surface area (Å²) in [5.41, 5.74) is 6.28. The van der Waals surface area contributed by atoms with E-state index in [0.717, 1.165) is 0 Å². The van der Waals surface area contributed by atoms with Gasteiger partial charge in [-0.3, -0.25) is 0 Å². The first-order valence-corrected chi connectivity index (χ1v) is 4.40. The minimum atomic E-state index is -2.55. The summed E-state index contributed by atoms with van der Waals surface area (Å²) in [7, 11) is 0. The highest BCUT2D eigenvalue weighted by Crippen LogP contribution is 2.09. The monoisotopic (exact) mass is 221 g/mol. The van der Waals surface area contributed by atoms with Crippen LogP contribution in [-0.2, 0) is 6.42 Å². The van der Waals surface area contributed by atoms with Crippen molar-refractivity contribution in [2.45, 2.75) is 25.8 Å². The third-order valence-corrected chi connectivity index (χ3v) is 1.82. The van der Waals surface area contributed by atoms with Crippen molar-refractivity contribution in [3.05, 3.63) is 22.7 Å². The van der Waals surface area contributed by atoms with E-state index in [-0.39, 0.29) is 11.7 Å². The highest BCUT2D eigenvalue weighted by Gasteiger charge is 2.16. The number of aryl methyl sites for hydroxylation is 1. The third kappa shape index (κ3) is 3.16. The molecule has 1 aromatic rings. The average molecular weight is 222 g/mol. The first kappa shape index (κ1) is 11.3. The summed E-state index contributed by atoms with van der Waals surface area (Å²) in [5.74, 6) is 0. The van der Waals surface area contributed by atoms with Crippen molar-refractivity contribution in [3.63, 3.8) is 0 Å². The van der Waals surface area contributed by atoms with E-state index < -0.39 is 12.5 Å². The number of nitrogens with two attached hydrogens (primary N) is 1. The Morgan fingerprint density at radius 2 is 2.14 bits per heavy atom. The van der Waals surface area contributed by atoms with E-state index in [4.69, 9.17) is 17.3 Å². The first-order chi connectivity index (χ1) is 6.49. The van der Waals surface area contributed by atoms with Crippen molar-refractivity contribution in [2.75, 3.05) is 0 Å². The molecule has 0 aliphatic heterocycles. The molecule has 0 bridgehead atoms. The van der Waals surface area contributed by atoms with Crippen molar-refractivity contribution in [1.29, 1.82) is 0 Å². The molecule has 0 fully saturated rings. The fourth-order valence-electron chi connectivity index (χ4n) is 1.03. The predicted molar refractivity (Wildman–Crippen MR) is 49.5 cm³/mol. The molecule has 1 atom stereocenters. The Balaban J connectivity index is 2.76. The average Bonchev–Trinajstić information content (AvgIpc) is 2.01. The maximum atomic E-state index is 12.1. The second-order valence-corrected chi connectivity index (χ2v) is 3.31. The second-order valence-electron chi connectivity index (χ2n) is 2.97. The van der Waals surface area contributed by atoms with Crippen molar-refractivity contribution in [3.8, 4) is 0 Å². The standard InChI is InChI=1S/C8H10ClF2N3/c1-4-2-5(14-8(9)13-4)3-6(12)7(10)11/h2,6-7H,3,12H2,1H3. The maximum Gasteiger partial charge on any atom is 0.253 e. The van der Waals surface area contributed by atoms with Gasteiger partial charge in [0.05, 0.1) is 6.04 Å². The van der Waals surface area contributed by atoms with Crippen molar-refractivity contribution >= 4 is 11.6 Å². The van der Waals surface area contributed by atoms with E-state index in [9.17, 15) is 8.78 Å². The van der Waals surface area contributed by atoms with Crippen LogP contribution in [0.2, 0.25) is 5.28 Å². The Morgan fingerprint density at radius 1 is 1.50 bits per heavy atom. The smallest absolute Gasteiger partial charge is 0.253 e. The molecule has 1 heterocycles. The molecular weight excluding hydrogens is 212 g/mol. The van der Waals surface area contributed by atoms with Gasteiger partial charge in [0.1, 0.15) is 0 Å². The Morgan fingerprint density at radius 3 is 2.64 bits per heavy atom. The first-order valence-electron chi connectivity index (χ1n) is 4.03. The van der Waals surface area contributed by atoms with Gasteiger partial charge < -0.3 is 5.73 Å². The zero-order valence-electron chi connectivity index (χ0n) is 7.54. The van der Waals surface area contributed by atoms with Gasteiger partial charge in [0, 0.05) is 17.8 Å². The highest BCUT2D eigenvalue weighted by molar-refractivity contribution is 6.28. The number of aromatic nitrogens is 2. The van der Waals surface area contributed by atoms with Gasteiger partial charge in [0.25, 0.3) is 6.43 Å². The number of nitrogens with zero attached hydrogens (tertiary/aromatic N) is 2. The fraction of sp³-hybridized carbons (Fsp3) is 0.500. The van der Waals surface area contributed by atoms with E-state index in [0.29, 0.717) is 11.4 Å². The molecule has 0 aliphatic rings. The van der Waals surface area contributed by atoms with Crippen molar-refractivity contribution < 1.29 is 8.78 Å². The van der Waals surface area contributed by atoms with Gasteiger partial charge in [-0.15, -0.1) is 0 Å². The summed E-state index contributed by atoms with van der Waals surface area (Å²) >= 11 is 5.56. The minimum Gasteiger partial charge on any atom is -0.323 e. The summed E-state index contributed by atoms with van der Waals surface area (Å²) in [6.45, 7) is 1.71. The molecule has 1 aromatic heterocycles. The van der Waals surface area contributed by atoms with E-state index >= 15 is 0 Å². The van der Waals surface area contributed by atoms with Crippen LogP contribution < -0.4 is 5.73 Å². The lowest BCUT2D eigenvalue weighted by Gasteiger charge is -2.09. The fourth-order valence-corrected chi connectivity index (χ4v) is 1.27. The molecule has 0 saturated carbocycles. The van der Waals surface area contributed by atoms with Crippen LogP contribution in [0.15, 0.2) is 6.07 Å². The van der Waals surface area contributed by atoms with Crippen LogP contribution in [0, 0.1) is 6.92 Å². The van der Waals surface area contributed by atoms with Gasteiger partial charge in [0.2, 0.25) is 5.28 Å². The molecule has 78 valence electrons. The Hall–Kier alpha value is -0.810. The lowest BCUT2D eigenvalue weighted by atomic mass is 10.1. The van der Waals surface area contributed by atoms with Gasteiger partial charge in [-0.05, 0) is 24.6 Å². The van der Waals surface area contributed by atoms with E-state index in [1.807, 2.05) is 0 Å². The minimum absolute atomic E-state index is 0.000741. The van der Waals surface area contributed by atoms with Gasteiger partial charge in [0.15, 0.2) is 0 Å². The summed E-state index contributed by atoms with van der Waals surface area (Å²) in [5, 5.41) is 0.0569. The van der Waals surface area contributed by atoms with Gasteiger partial charge in [-0.25, -0.2) is 18.7 Å². The molecule has 3 nitrogen and oxygen atoms in total. The summed E-state index contributed by atoms with van der Waals surface area (Å²) in [4.78, 5) is 7.61. The SMILES string of the molecule is Cc1cc(CC(N)C(F)F)nc(Cl)n1. The molecule has 0 aliphatic carbocycles. The molecule has 0 saturated heterocycles. The van der Waals surface area contributed by atoms with Gasteiger partial charge in [-0.2, -0.15) is 0 Å². The lowest BCUT2D eigenvalue weighted by Crippen LogP contribution is -2.31. The molecule has 1 rings (SSSR count). The topological polar surface area (TPSA) is 51.8 Å². The largest absolute Gasteiger partial charge is 0.323 e. The zero-order chi connectivity index (χ0) is 10.7. The van der Waals surface area contributed by atoms with E-state index in [2.05, 4.69) is 9.97 Å². The number of halogens is 3. The number of rotatable bonds is 3. The molecule has 6 heteroatoms. The molecule has 0 aromatic carbocycles. The van der Waals surface area contributed by atoms with Crippen LogP contribution in [0.4, 0.5) is 8.78 Å². The molecule has 0 spiro atoms. The van der Waals surface area contributed by atoms with Crippen LogP contribution in [0.5, 0.6) is 0 Å². The quantitative estimate of drug-likeness (QED) is 0.789. The zero-order valence-corrected chi connectivity index (χ0v) is 8.30. The number of alkyl halides is 2. The molecule has 14 heavy (non-hydrogen) atoms. The van der Waals surface area contributed by atoms with E-state index in [1.54, 1.807) is 13.0 Å². The number of hydrogen-bond donors (Lipinski definition) is 1. The highest BCUT2D eigenvalue weighted by atomic mass is 35.5. The van der Waals surface area contributed by atoms with Crippen LogP contribution in [-0.4, -0.2) is 22.4 Å². The Labute approximate surface area is 85.3 Å². The third-order valence-electron chi connectivity index (χ3n) is 1.65. The Kier molecular flexibility index (Phi) is 3.71. The summed E-state index contributed by atoms with van der Waals surface area (Å²) in [6, 6.07) is 0.383. The van der Waals surface area contributed by atoms with Gasteiger partial charge >= 0.3 is 0 Å². The predicted octanol–water partition coefficient (Wildman–Crippen LogP) is 1.57. The molecule has 2 N–H and O–H groups in total. The molecule has 0 radical (unpaired) electrons. The normalized spacial score (nSPS) is 13.3. The summed E-state index contributed by atoms with van der Waals surface area (Å²) in [6.07, 6.45) is -2.55. The summed E-state index contributed by atoms with van der Waals surface area (Å²) < 4.78 is 24.2. The maximum absolute atomic E-state index is 12.1. The molecular formula is C8H10ClF2N3. The lowest BCUT2D eigenvalue weighted by molar-refractivity contribution is 0.115. The van der Waals surface area contributed by atoms with Gasteiger partial charge in [-0.1, -0.05) is 0 Å². The molecule has 0 amide bonds. The second kappa shape index (κ2) is 4.61. The number of hydrogen-bond acceptors (Lipinski definition) is 3. The Bertz CT molecular complexity index is 299. The van der Waals surface area contributed by atoms with Crippen molar-refractivity contribution in [1.82, 2.24) is 9.97 Å². The van der Waals surface area contributed by atoms with Crippen LogP contribution >= 0.6 is 11.6 Å².